The number of benzene rings is 1. The number of nitrogens with zero attached hydrogens (tertiary/aromatic N) is 1. The van der Waals surface area contributed by atoms with Gasteiger partial charge in [-0.15, -0.1) is 0 Å². The number of fused-ring (bicyclic) bond motifs is 1. The molecular weight excluding hydrogens is 312 g/mol. The summed E-state index contributed by atoms with van der Waals surface area (Å²) in [5.41, 5.74) is 2.59. The van der Waals surface area contributed by atoms with Crippen molar-refractivity contribution < 1.29 is 4.74 Å². The summed E-state index contributed by atoms with van der Waals surface area (Å²) >= 11 is 0. The van der Waals surface area contributed by atoms with Gasteiger partial charge in [0.05, 0.1) is 0 Å². The molecule has 2 aromatic rings. The fourth-order valence-corrected chi connectivity index (χ4v) is 2.82. The first-order valence-electron chi connectivity index (χ1n) is 9.50. The minimum absolute atomic E-state index is 0.800. The van der Waals surface area contributed by atoms with Crippen LogP contribution in [0.5, 0.6) is 0 Å². The topological polar surface area (TPSA) is 61.4 Å². The molecule has 0 atom stereocenters. The molecule has 0 spiro atoms. The first-order chi connectivity index (χ1) is 12.3. The Morgan fingerprint density at radius 3 is 2.84 bits per heavy atom. The number of aliphatic imine (C=N–C) groups is 1. The number of H-pyrrole nitrogens is 1. The predicted octanol–water partition coefficient (Wildman–Crippen LogP) is 3.47. The van der Waals surface area contributed by atoms with E-state index in [1.165, 1.54) is 16.5 Å². The van der Waals surface area contributed by atoms with Gasteiger partial charge in [-0.2, -0.15) is 0 Å². The Hall–Kier alpha value is -2.01. The molecule has 1 heterocycles. The predicted molar refractivity (Wildman–Crippen MR) is 106 cm³/mol. The largest absolute Gasteiger partial charge is 0.382 e. The zero-order valence-corrected chi connectivity index (χ0v) is 15.6. The molecule has 5 nitrogen and oxygen atoms in total. The van der Waals surface area contributed by atoms with Crippen molar-refractivity contribution in [3.05, 3.63) is 36.0 Å². The maximum Gasteiger partial charge on any atom is 0.191 e. The number of hydrogen-bond acceptors (Lipinski definition) is 2. The molecular formula is C20H32N4O. The quantitative estimate of drug-likeness (QED) is 0.332. The lowest BCUT2D eigenvalue weighted by atomic mass is 10.1. The molecule has 0 fully saturated rings. The monoisotopic (exact) mass is 344 g/mol. The summed E-state index contributed by atoms with van der Waals surface area (Å²) < 4.78 is 5.36. The van der Waals surface area contributed by atoms with Crippen molar-refractivity contribution in [3.8, 4) is 0 Å². The number of aromatic amines is 1. The third kappa shape index (κ3) is 6.78. The molecule has 138 valence electrons. The lowest BCUT2D eigenvalue weighted by molar-refractivity contribution is 0.143. The zero-order chi connectivity index (χ0) is 17.7. The normalized spacial score (nSPS) is 11.8. The Labute approximate surface area is 151 Å². The van der Waals surface area contributed by atoms with Gasteiger partial charge in [-0.25, -0.2) is 0 Å². The molecule has 0 saturated carbocycles. The third-order valence-corrected chi connectivity index (χ3v) is 4.11. The van der Waals surface area contributed by atoms with Gasteiger partial charge in [0, 0.05) is 49.9 Å². The van der Waals surface area contributed by atoms with Crippen LogP contribution in [0.4, 0.5) is 0 Å². The van der Waals surface area contributed by atoms with E-state index in [1.54, 1.807) is 0 Å². The number of aryl methyl sites for hydroxylation is 1. The van der Waals surface area contributed by atoms with Crippen LogP contribution in [-0.4, -0.2) is 43.8 Å². The highest BCUT2D eigenvalue weighted by atomic mass is 16.5. The first kappa shape index (κ1) is 19.3. The maximum atomic E-state index is 5.36. The van der Waals surface area contributed by atoms with Crippen LogP contribution in [0.25, 0.3) is 10.9 Å². The number of guanidine groups is 1. The molecule has 0 aliphatic heterocycles. The molecule has 0 aliphatic rings. The number of ether oxygens (including phenoxy) is 1. The summed E-state index contributed by atoms with van der Waals surface area (Å²) in [5.74, 6) is 0.915. The average Bonchev–Trinajstić information content (AvgIpc) is 3.04. The van der Waals surface area contributed by atoms with E-state index in [1.807, 2.05) is 6.92 Å². The van der Waals surface area contributed by atoms with E-state index >= 15 is 0 Å². The van der Waals surface area contributed by atoms with E-state index in [4.69, 9.17) is 4.74 Å². The Morgan fingerprint density at radius 1 is 1.12 bits per heavy atom. The van der Waals surface area contributed by atoms with E-state index in [0.717, 1.165) is 64.5 Å². The van der Waals surface area contributed by atoms with Gasteiger partial charge < -0.3 is 20.4 Å². The summed E-state index contributed by atoms with van der Waals surface area (Å²) in [5, 5.41) is 8.03. The maximum absolute atomic E-state index is 5.36. The van der Waals surface area contributed by atoms with Gasteiger partial charge in [0.15, 0.2) is 5.96 Å². The Bertz CT molecular complexity index is 635. The van der Waals surface area contributed by atoms with Crippen molar-refractivity contribution in [3.63, 3.8) is 0 Å². The molecule has 0 saturated heterocycles. The smallest absolute Gasteiger partial charge is 0.191 e. The third-order valence-electron chi connectivity index (χ3n) is 4.11. The molecule has 3 N–H and O–H groups in total. The van der Waals surface area contributed by atoms with Crippen LogP contribution in [0, 0.1) is 0 Å². The van der Waals surface area contributed by atoms with Gasteiger partial charge in [0.1, 0.15) is 0 Å². The molecule has 1 aromatic carbocycles. The van der Waals surface area contributed by atoms with Crippen LogP contribution in [0.1, 0.15) is 38.7 Å². The Morgan fingerprint density at radius 2 is 2.00 bits per heavy atom. The second kappa shape index (κ2) is 11.5. The number of aromatic nitrogens is 1. The van der Waals surface area contributed by atoms with Crippen molar-refractivity contribution in [2.45, 2.75) is 39.5 Å². The van der Waals surface area contributed by atoms with Crippen LogP contribution in [-0.2, 0) is 11.2 Å². The molecule has 5 heteroatoms. The number of rotatable bonds is 11. The molecule has 0 radical (unpaired) electrons. The van der Waals surface area contributed by atoms with E-state index < -0.39 is 0 Å². The van der Waals surface area contributed by atoms with Crippen molar-refractivity contribution in [2.75, 3.05) is 32.8 Å². The van der Waals surface area contributed by atoms with Gasteiger partial charge in [-0.1, -0.05) is 18.2 Å². The highest BCUT2D eigenvalue weighted by Gasteiger charge is 2.02. The molecule has 1 aromatic heterocycles. The Kier molecular flexibility index (Phi) is 8.91. The van der Waals surface area contributed by atoms with Gasteiger partial charge in [0.2, 0.25) is 0 Å². The minimum Gasteiger partial charge on any atom is -0.382 e. The summed E-state index contributed by atoms with van der Waals surface area (Å²) in [6, 6.07) is 8.46. The van der Waals surface area contributed by atoms with E-state index in [-0.39, 0.29) is 0 Å². The van der Waals surface area contributed by atoms with E-state index in [9.17, 15) is 0 Å². The lowest BCUT2D eigenvalue weighted by Crippen LogP contribution is -2.38. The molecule has 0 unspecified atom stereocenters. The van der Waals surface area contributed by atoms with Crippen LogP contribution in [0.15, 0.2) is 35.5 Å². The lowest BCUT2D eigenvalue weighted by Gasteiger charge is -2.11. The molecule has 0 aliphatic carbocycles. The van der Waals surface area contributed by atoms with Crippen LogP contribution < -0.4 is 10.6 Å². The van der Waals surface area contributed by atoms with Crippen molar-refractivity contribution >= 4 is 16.9 Å². The highest BCUT2D eigenvalue weighted by molar-refractivity contribution is 5.83. The fraction of sp³-hybridized carbons (Fsp3) is 0.550. The Balaban J connectivity index is 1.71. The van der Waals surface area contributed by atoms with Crippen molar-refractivity contribution in [1.82, 2.24) is 15.6 Å². The summed E-state index contributed by atoms with van der Waals surface area (Å²) in [6.45, 7) is 8.41. The molecule has 0 bridgehead atoms. The van der Waals surface area contributed by atoms with Crippen LogP contribution >= 0.6 is 0 Å². The standard InChI is InChI=1S/C20H32N4O/c1-3-21-20(22-13-7-8-15-25-4-2)23-14-9-10-17-16-24-19-12-6-5-11-18(17)19/h5-6,11-12,16,24H,3-4,7-10,13-15H2,1-2H3,(H2,21,22,23). The summed E-state index contributed by atoms with van der Waals surface area (Å²) in [4.78, 5) is 8.02. The van der Waals surface area contributed by atoms with Gasteiger partial charge in [-0.05, 0) is 51.2 Å². The first-order valence-corrected chi connectivity index (χ1v) is 9.50. The molecule has 25 heavy (non-hydrogen) atoms. The van der Waals surface area contributed by atoms with Crippen LogP contribution in [0.3, 0.4) is 0 Å². The minimum atomic E-state index is 0.800. The molecule has 0 amide bonds. The van der Waals surface area contributed by atoms with Crippen LogP contribution in [0.2, 0.25) is 0 Å². The zero-order valence-electron chi connectivity index (χ0n) is 15.6. The number of para-hydroxylation sites is 1. The van der Waals surface area contributed by atoms with E-state index in [0.29, 0.717) is 0 Å². The second-order valence-corrected chi connectivity index (χ2v) is 6.05. The van der Waals surface area contributed by atoms with Gasteiger partial charge >= 0.3 is 0 Å². The van der Waals surface area contributed by atoms with Gasteiger partial charge in [0.25, 0.3) is 0 Å². The fourth-order valence-electron chi connectivity index (χ4n) is 2.82. The molecule has 2 rings (SSSR count). The SMILES string of the molecule is CCNC(=NCCCc1c[nH]c2ccccc12)NCCCCOCC. The second-order valence-electron chi connectivity index (χ2n) is 6.05. The van der Waals surface area contributed by atoms with E-state index in [2.05, 4.69) is 58.0 Å². The average molecular weight is 345 g/mol. The number of unbranched alkanes of at least 4 members (excludes halogenated alkanes) is 1. The number of hydrogen-bond donors (Lipinski definition) is 3. The number of nitrogens with one attached hydrogen (secondary N) is 3. The highest BCUT2D eigenvalue weighted by Crippen LogP contribution is 2.18. The van der Waals surface area contributed by atoms with Crippen molar-refractivity contribution in [1.29, 1.82) is 0 Å². The summed E-state index contributed by atoms with van der Waals surface area (Å²) in [7, 11) is 0. The van der Waals surface area contributed by atoms with Crippen molar-refractivity contribution in [2.24, 2.45) is 4.99 Å². The summed E-state index contributed by atoms with van der Waals surface area (Å²) in [6.07, 6.45) is 6.39. The van der Waals surface area contributed by atoms with Gasteiger partial charge in [-0.3, -0.25) is 4.99 Å².